The lowest BCUT2D eigenvalue weighted by Gasteiger charge is -2.49. The van der Waals surface area contributed by atoms with Crippen LogP contribution in [0.1, 0.15) is 44.1 Å². The molecule has 0 radical (unpaired) electrons. The maximum Gasteiger partial charge on any atom is 0.303 e. The molecular weight excluding hydrogens is 596 g/mol. The van der Waals surface area contributed by atoms with Gasteiger partial charge in [0.2, 0.25) is 0 Å². The van der Waals surface area contributed by atoms with Gasteiger partial charge in [0.25, 0.3) is 0 Å². The lowest BCUT2D eigenvalue weighted by atomic mass is 9.90. The van der Waals surface area contributed by atoms with Gasteiger partial charge in [-0.15, -0.1) is 24.0 Å². The number of carbonyl (C=O) groups excluding carboxylic acids is 4. The molecule has 4 rings (SSSR count). The number of hydrogen-bond acceptors (Lipinski definition) is 13. The Morgan fingerprint density at radius 1 is 0.907 bits per heavy atom. The minimum absolute atomic E-state index is 0.197. The number of nitrogens with zero attached hydrogens (tertiary/aromatic N) is 2. The van der Waals surface area contributed by atoms with E-state index in [1.165, 1.54) is 25.2 Å². The molecule has 2 aliphatic heterocycles. The Kier molecular flexibility index (Phi) is 10.3. The van der Waals surface area contributed by atoms with Crippen molar-refractivity contribution in [3.05, 3.63) is 75.0 Å². The number of esters is 4. The van der Waals surface area contributed by atoms with Gasteiger partial charge in [0.05, 0.1) is 22.6 Å². The van der Waals surface area contributed by atoms with E-state index in [9.17, 15) is 24.4 Å². The Morgan fingerprint density at radius 3 is 2.09 bits per heavy atom. The van der Waals surface area contributed by atoms with Gasteiger partial charge in [0, 0.05) is 38.3 Å². The van der Waals surface area contributed by atoms with E-state index in [0.717, 1.165) is 24.3 Å². The largest absolute Gasteiger partial charge is 0.463 e. The second kappa shape index (κ2) is 13.9. The molecule has 1 aromatic carbocycles. The zero-order chi connectivity index (χ0) is 31.3. The molecule has 1 saturated heterocycles. The molecule has 6 atom stereocenters. The third kappa shape index (κ3) is 7.27. The highest BCUT2D eigenvalue weighted by Crippen LogP contribution is 2.46. The Hall–Kier alpha value is -4.12. The van der Waals surface area contributed by atoms with Gasteiger partial charge in [-0.2, -0.15) is 5.26 Å². The summed E-state index contributed by atoms with van der Waals surface area (Å²) in [4.78, 5) is 51.2. The SMILES string of the molecule is CC(=O)OC[C@@H]1O[C@@H](N2C(c3ccccc3)=C[C@H](c3cccs3)C(C#N)=C2S)[C@@H](OC(C)=O)[C@@H](OC(C)=O)[C@H]1OC(C)=O. The molecule has 0 unspecified atom stereocenters. The molecule has 1 aromatic heterocycles. The van der Waals surface area contributed by atoms with Gasteiger partial charge in [-0.3, -0.25) is 19.2 Å². The summed E-state index contributed by atoms with van der Waals surface area (Å²) in [6.07, 6.45) is -4.67. The van der Waals surface area contributed by atoms with E-state index in [-0.39, 0.29) is 11.6 Å². The fraction of sp³-hybridized carbons (Fsp3) is 0.367. The Balaban J connectivity index is 1.93. The highest BCUT2D eigenvalue weighted by atomic mass is 32.1. The summed E-state index contributed by atoms with van der Waals surface area (Å²) >= 11 is 6.29. The molecule has 0 amide bonds. The van der Waals surface area contributed by atoms with Crippen LogP contribution < -0.4 is 0 Å². The molecule has 43 heavy (non-hydrogen) atoms. The van der Waals surface area contributed by atoms with Crippen LogP contribution >= 0.6 is 24.0 Å². The van der Waals surface area contributed by atoms with Gasteiger partial charge >= 0.3 is 23.9 Å². The maximum absolute atomic E-state index is 12.4. The van der Waals surface area contributed by atoms with Crippen LogP contribution in [0.2, 0.25) is 0 Å². The summed E-state index contributed by atoms with van der Waals surface area (Å²) in [6.45, 7) is 4.29. The normalized spacial score (nSPS) is 25.2. The smallest absolute Gasteiger partial charge is 0.303 e. The summed E-state index contributed by atoms with van der Waals surface area (Å²) in [7, 11) is 0. The third-order valence-corrected chi connectivity index (χ3v) is 8.04. The van der Waals surface area contributed by atoms with E-state index in [2.05, 4.69) is 6.07 Å². The van der Waals surface area contributed by atoms with E-state index in [4.69, 9.17) is 36.3 Å². The Bertz CT molecular complexity index is 1470. The number of nitriles is 1. The summed E-state index contributed by atoms with van der Waals surface area (Å²) < 4.78 is 28.5. The molecule has 2 aliphatic rings. The molecule has 0 bridgehead atoms. The number of allylic oxidation sites excluding steroid dienone is 2. The third-order valence-electron chi connectivity index (χ3n) is 6.62. The summed E-state index contributed by atoms with van der Waals surface area (Å²) in [5, 5.41) is 12.4. The van der Waals surface area contributed by atoms with Crippen molar-refractivity contribution in [2.45, 2.75) is 64.3 Å². The Morgan fingerprint density at radius 2 is 1.53 bits per heavy atom. The van der Waals surface area contributed by atoms with Crippen molar-refractivity contribution in [1.29, 1.82) is 5.26 Å². The van der Waals surface area contributed by atoms with Crippen molar-refractivity contribution in [3.63, 3.8) is 0 Å². The van der Waals surface area contributed by atoms with Crippen LogP contribution in [0.25, 0.3) is 5.70 Å². The molecule has 1 fully saturated rings. The van der Waals surface area contributed by atoms with Crippen molar-refractivity contribution in [2.75, 3.05) is 6.61 Å². The quantitative estimate of drug-likeness (QED) is 0.259. The first-order valence-electron chi connectivity index (χ1n) is 13.2. The zero-order valence-electron chi connectivity index (χ0n) is 23.8. The van der Waals surface area contributed by atoms with Crippen molar-refractivity contribution in [1.82, 2.24) is 4.90 Å². The van der Waals surface area contributed by atoms with Crippen LogP contribution in [-0.4, -0.2) is 66.0 Å². The van der Waals surface area contributed by atoms with Crippen molar-refractivity contribution < 1.29 is 42.9 Å². The first kappa shape index (κ1) is 31.8. The lowest BCUT2D eigenvalue weighted by Crippen LogP contribution is -2.65. The minimum atomic E-state index is -1.39. The summed E-state index contributed by atoms with van der Waals surface area (Å²) in [6, 6.07) is 15.3. The van der Waals surface area contributed by atoms with Crippen LogP contribution in [0, 0.1) is 11.3 Å². The molecule has 0 saturated carbocycles. The molecule has 0 N–H and O–H groups in total. The van der Waals surface area contributed by atoms with E-state index in [1.807, 2.05) is 53.9 Å². The summed E-state index contributed by atoms with van der Waals surface area (Å²) in [5.41, 5.74) is 1.57. The number of thiol groups is 1. The predicted octanol–water partition coefficient (Wildman–Crippen LogP) is 3.94. The molecule has 0 aliphatic carbocycles. The minimum Gasteiger partial charge on any atom is -0.463 e. The second-order valence-electron chi connectivity index (χ2n) is 9.72. The highest BCUT2D eigenvalue weighted by Gasteiger charge is 2.55. The van der Waals surface area contributed by atoms with Crippen molar-refractivity contribution >= 4 is 53.5 Å². The fourth-order valence-corrected chi connectivity index (χ4v) is 6.25. The van der Waals surface area contributed by atoms with Crippen LogP contribution in [0.4, 0.5) is 0 Å². The van der Waals surface area contributed by atoms with E-state index >= 15 is 0 Å². The second-order valence-corrected chi connectivity index (χ2v) is 11.1. The van der Waals surface area contributed by atoms with E-state index in [1.54, 1.807) is 4.90 Å². The Labute approximate surface area is 258 Å². The predicted molar refractivity (Wildman–Crippen MR) is 157 cm³/mol. The highest BCUT2D eigenvalue weighted by molar-refractivity contribution is 7.84. The standard InChI is InChI=1S/C30H30N2O9S2/c1-16(33)37-15-24-26(38-17(2)34)27(39-18(3)35)28(40-19(4)36)29(41-24)32-23(20-9-6-5-7-10-20)13-21(22(14-31)30(32)42)25-11-8-12-43-25/h5-13,21,24,26-29,42H,15H2,1-4H3/t21-,24-,26-,27-,28-,29+/m0/s1. The van der Waals surface area contributed by atoms with Gasteiger partial charge in [-0.1, -0.05) is 36.4 Å². The number of rotatable bonds is 8. The molecule has 11 nitrogen and oxygen atoms in total. The molecule has 13 heteroatoms. The van der Waals surface area contributed by atoms with Crippen molar-refractivity contribution in [3.8, 4) is 6.07 Å². The van der Waals surface area contributed by atoms with Gasteiger partial charge in [0.1, 0.15) is 12.7 Å². The molecular formula is C30H30N2O9S2. The topological polar surface area (TPSA) is 141 Å². The van der Waals surface area contributed by atoms with Gasteiger partial charge in [-0.25, -0.2) is 0 Å². The monoisotopic (exact) mass is 626 g/mol. The maximum atomic E-state index is 12.4. The average Bonchev–Trinajstić information content (AvgIpc) is 3.49. The van der Waals surface area contributed by atoms with Gasteiger partial charge in [-0.05, 0) is 23.1 Å². The van der Waals surface area contributed by atoms with Gasteiger partial charge < -0.3 is 28.6 Å². The van der Waals surface area contributed by atoms with Crippen LogP contribution in [-0.2, 0) is 42.9 Å². The number of hydrogen-bond donors (Lipinski definition) is 1. The van der Waals surface area contributed by atoms with Crippen LogP contribution in [0.3, 0.4) is 0 Å². The number of benzene rings is 1. The fourth-order valence-electron chi connectivity index (χ4n) is 5.03. The lowest BCUT2D eigenvalue weighted by molar-refractivity contribution is -0.268. The summed E-state index contributed by atoms with van der Waals surface area (Å²) in [5.74, 6) is -3.30. The van der Waals surface area contributed by atoms with Crippen LogP contribution in [0.15, 0.2) is 64.5 Å². The van der Waals surface area contributed by atoms with Gasteiger partial charge in [0.15, 0.2) is 24.5 Å². The average molecular weight is 627 g/mol. The van der Waals surface area contributed by atoms with Crippen LogP contribution in [0.5, 0.6) is 0 Å². The van der Waals surface area contributed by atoms with E-state index < -0.39 is 60.4 Å². The number of carbonyl (C=O) groups is 4. The molecule has 2 aromatic rings. The molecule has 226 valence electrons. The first-order valence-corrected chi connectivity index (χ1v) is 14.6. The molecule has 3 heterocycles. The first-order chi connectivity index (χ1) is 20.5. The number of ether oxygens (including phenoxy) is 5. The van der Waals surface area contributed by atoms with Crippen molar-refractivity contribution in [2.24, 2.45) is 0 Å². The van der Waals surface area contributed by atoms with E-state index in [0.29, 0.717) is 11.3 Å². The molecule has 0 spiro atoms. The number of thiophene rings is 1. The zero-order valence-corrected chi connectivity index (χ0v) is 25.5.